The molecule has 3 nitrogen and oxygen atoms in total. The third kappa shape index (κ3) is 2.57. The van der Waals surface area contributed by atoms with Crippen LogP contribution in [0.5, 0.6) is 0 Å². The van der Waals surface area contributed by atoms with Crippen LogP contribution in [0.2, 0.25) is 0 Å². The number of nitrogens with zero attached hydrogens (tertiary/aromatic N) is 1. The number of nitrogens with two attached hydrogens (primary N) is 1. The van der Waals surface area contributed by atoms with Gasteiger partial charge in [0.2, 0.25) is 5.91 Å². The molecule has 1 amide bonds. The van der Waals surface area contributed by atoms with Gasteiger partial charge in [-0.05, 0) is 31.6 Å². The van der Waals surface area contributed by atoms with E-state index >= 15 is 0 Å². The first-order valence-corrected chi connectivity index (χ1v) is 6.74. The average Bonchev–Trinajstić information content (AvgIpc) is 3.00. The molecule has 0 spiro atoms. The van der Waals surface area contributed by atoms with Crippen molar-refractivity contribution < 1.29 is 4.79 Å². The fourth-order valence-electron chi connectivity index (χ4n) is 2.89. The largest absolute Gasteiger partial charge is 0.338 e. The summed E-state index contributed by atoms with van der Waals surface area (Å²) in [5.41, 5.74) is 5.63. The molecule has 16 heavy (non-hydrogen) atoms. The molecule has 1 unspecified atom stereocenters. The van der Waals surface area contributed by atoms with Crippen LogP contribution >= 0.6 is 0 Å². The number of hydrogen-bond acceptors (Lipinski definition) is 2. The van der Waals surface area contributed by atoms with E-state index in [1.165, 1.54) is 38.5 Å². The average molecular weight is 224 g/mol. The molecule has 2 aliphatic carbocycles. The minimum Gasteiger partial charge on any atom is -0.338 e. The van der Waals surface area contributed by atoms with Gasteiger partial charge in [-0.3, -0.25) is 4.79 Å². The van der Waals surface area contributed by atoms with Gasteiger partial charge in [0.05, 0.1) is 0 Å². The Morgan fingerprint density at radius 3 is 2.44 bits per heavy atom. The van der Waals surface area contributed by atoms with Crippen molar-refractivity contribution in [3.8, 4) is 0 Å². The standard InChI is InChI=1S/C13H24N2O/c1-10(11-6-7-11)13(16)15(9-8-14)12-4-2-3-5-12/h10-12H,2-9,14H2,1H3. The van der Waals surface area contributed by atoms with Crippen molar-refractivity contribution in [2.75, 3.05) is 13.1 Å². The van der Waals surface area contributed by atoms with Gasteiger partial charge in [-0.2, -0.15) is 0 Å². The number of rotatable bonds is 5. The van der Waals surface area contributed by atoms with E-state index in [0.717, 1.165) is 6.54 Å². The van der Waals surface area contributed by atoms with Gasteiger partial charge >= 0.3 is 0 Å². The zero-order chi connectivity index (χ0) is 11.5. The minimum absolute atomic E-state index is 0.229. The fourth-order valence-corrected chi connectivity index (χ4v) is 2.89. The van der Waals surface area contributed by atoms with Gasteiger partial charge in [0.1, 0.15) is 0 Å². The topological polar surface area (TPSA) is 46.3 Å². The molecule has 0 aromatic rings. The highest BCUT2D eigenvalue weighted by Crippen LogP contribution is 2.38. The molecule has 2 aliphatic rings. The van der Waals surface area contributed by atoms with Crippen molar-refractivity contribution in [1.82, 2.24) is 4.90 Å². The van der Waals surface area contributed by atoms with E-state index in [9.17, 15) is 4.79 Å². The van der Waals surface area contributed by atoms with Crippen LogP contribution in [0, 0.1) is 11.8 Å². The van der Waals surface area contributed by atoms with Gasteiger partial charge in [-0.1, -0.05) is 19.8 Å². The van der Waals surface area contributed by atoms with Crippen molar-refractivity contribution in [1.29, 1.82) is 0 Å². The van der Waals surface area contributed by atoms with Crippen molar-refractivity contribution >= 4 is 5.91 Å². The summed E-state index contributed by atoms with van der Waals surface area (Å²) in [5, 5.41) is 0. The van der Waals surface area contributed by atoms with Crippen LogP contribution in [0.1, 0.15) is 45.4 Å². The fraction of sp³-hybridized carbons (Fsp3) is 0.923. The maximum Gasteiger partial charge on any atom is 0.225 e. The molecule has 2 saturated carbocycles. The first-order chi connectivity index (χ1) is 7.74. The molecule has 1 atom stereocenters. The number of carbonyl (C=O) groups is 1. The zero-order valence-electron chi connectivity index (χ0n) is 10.3. The Balaban J connectivity index is 1.96. The first-order valence-electron chi connectivity index (χ1n) is 6.74. The molecule has 0 heterocycles. The quantitative estimate of drug-likeness (QED) is 0.773. The minimum atomic E-state index is 0.229. The second-order valence-corrected chi connectivity index (χ2v) is 5.38. The van der Waals surface area contributed by atoms with Gasteiger partial charge in [-0.25, -0.2) is 0 Å². The zero-order valence-corrected chi connectivity index (χ0v) is 10.3. The lowest BCUT2D eigenvalue weighted by Gasteiger charge is -2.31. The van der Waals surface area contributed by atoms with E-state index in [0.29, 0.717) is 24.4 Å². The lowest BCUT2D eigenvalue weighted by atomic mass is 10.0. The molecule has 3 heteroatoms. The van der Waals surface area contributed by atoms with E-state index in [2.05, 4.69) is 11.8 Å². The molecule has 0 aliphatic heterocycles. The lowest BCUT2D eigenvalue weighted by Crippen LogP contribution is -2.44. The SMILES string of the molecule is CC(C(=O)N(CCN)C1CCCC1)C1CC1. The lowest BCUT2D eigenvalue weighted by molar-refractivity contribution is -0.137. The first kappa shape index (κ1) is 11.9. The van der Waals surface area contributed by atoms with Crippen molar-refractivity contribution in [3.05, 3.63) is 0 Å². The van der Waals surface area contributed by atoms with Crippen LogP contribution in [0.3, 0.4) is 0 Å². The highest BCUT2D eigenvalue weighted by molar-refractivity contribution is 5.79. The Kier molecular flexibility index (Phi) is 3.85. The molecule has 92 valence electrons. The second-order valence-electron chi connectivity index (χ2n) is 5.38. The summed E-state index contributed by atoms with van der Waals surface area (Å²) in [6.45, 7) is 3.44. The molecular weight excluding hydrogens is 200 g/mol. The maximum atomic E-state index is 12.4. The van der Waals surface area contributed by atoms with Crippen LogP contribution in [-0.2, 0) is 4.79 Å². The monoisotopic (exact) mass is 224 g/mol. The van der Waals surface area contributed by atoms with E-state index in [1.54, 1.807) is 0 Å². The maximum absolute atomic E-state index is 12.4. The molecule has 0 aromatic heterocycles. The Bertz CT molecular complexity index is 244. The van der Waals surface area contributed by atoms with Gasteiger partial charge in [0.25, 0.3) is 0 Å². The third-order valence-corrected chi connectivity index (χ3v) is 4.14. The van der Waals surface area contributed by atoms with Crippen LogP contribution in [-0.4, -0.2) is 29.9 Å². The third-order valence-electron chi connectivity index (χ3n) is 4.14. The summed E-state index contributed by atoms with van der Waals surface area (Å²) >= 11 is 0. The molecule has 0 bridgehead atoms. The Morgan fingerprint density at radius 2 is 1.94 bits per heavy atom. The van der Waals surface area contributed by atoms with Gasteiger partial charge in [-0.15, -0.1) is 0 Å². The van der Waals surface area contributed by atoms with Crippen molar-refractivity contribution in [3.63, 3.8) is 0 Å². The van der Waals surface area contributed by atoms with Crippen LogP contribution in [0.15, 0.2) is 0 Å². The van der Waals surface area contributed by atoms with Crippen molar-refractivity contribution in [2.24, 2.45) is 17.6 Å². The highest BCUT2D eigenvalue weighted by Gasteiger charge is 2.37. The molecule has 2 N–H and O–H groups in total. The summed E-state index contributed by atoms with van der Waals surface area (Å²) in [6.07, 6.45) is 7.40. The number of hydrogen-bond donors (Lipinski definition) is 1. The second kappa shape index (κ2) is 5.17. The summed E-state index contributed by atoms with van der Waals surface area (Å²) in [7, 11) is 0. The Hall–Kier alpha value is -0.570. The van der Waals surface area contributed by atoms with Gasteiger partial charge in [0, 0.05) is 25.0 Å². The Morgan fingerprint density at radius 1 is 1.31 bits per heavy atom. The predicted octanol–water partition coefficient (Wildman–Crippen LogP) is 1.76. The number of amides is 1. The molecule has 0 aromatic carbocycles. The smallest absolute Gasteiger partial charge is 0.225 e. The molecule has 0 saturated heterocycles. The normalized spacial score (nSPS) is 23.4. The summed E-state index contributed by atoms with van der Waals surface area (Å²) in [4.78, 5) is 14.5. The van der Waals surface area contributed by atoms with Crippen LogP contribution in [0.4, 0.5) is 0 Å². The summed E-state index contributed by atoms with van der Waals surface area (Å²) in [6, 6.07) is 0.484. The predicted molar refractivity (Wildman–Crippen MR) is 64.9 cm³/mol. The van der Waals surface area contributed by atoms with E-state index in [-0.39, 0.29) is 5.92 Å². The number of carbonyl (C=O) groups excluding carboxylic acids is 1. The molecule has 0 radical (unpaired) electrons. The molecular formula is C13H24N2O. The molecule has 2 rings (SSSR count). The Labute approximate surface area is 98.4 Å². The van der Waals surface area contributed by atoms with E-state index in [4.69, 9.17) is 5.73 Å². The van der Waals surface area contributed by atoms with E-state index in [1.807, 2.05) is 0 Å². The van der Waals surface area contributed by atoms with E-state index < -0.39 is 0 Å². The summed E-state index contributed by atoms with van der Waals surface area (Å²) in [5.74, 6) is 1.25. The molecule has 2 fully saturated rings. The highest BCUT2D eigenvalue weighted by atomic mass is 16.2. The van der Waals surface area contributed by atoms with Crippen molar-refractivity contribution in [2.45, 2.75) is 51.5 Å². The van der Waals surface area contributed by atoms with Gasteiger partial charge < -0.3 is 10.6 Å². The summed E-state index contributed by atoms with van der Waals surface area (Å²) < 4.78 is 0. The van der Waals surface area contributed by atoms with Crippen LogP contribution < -0.4 is 5.73 Å². The van der Waals surface area contributed by atoms with Gasteiger partial charge in [0.15, 0.2) is 0 Å². The van der Waals surface area contributed by atoms with Crippen LogP contribution in [0.25, 0.3) is 0 Å².